The maximum atomic E-state index is 11.1. The van der Waals surface area contributed by atoms with E-state index in [4.69, 9.17) is 5.11 Å². The SMILES string of the molecule is CCCCN(Cc1cccc(C(=O)O)c1)c1ccccc1. The van der Waals surface area contributed by atoms with Crippen molar-refractivity contribution in [2.24, 2.45) is 0 Å². The van der Waals surface area contributed by atoms with Crippen molar-refractivity contribution in [3.63, 3.8) is 0 Å². The monoisotopic (exact) mass is 283 g/mol. The summed E-state index contributed by atoms with van der Waals surface area (Å²) < 4.78 is 0. The number of unbranched alkanes of at least 4 members (excludes halogenated alkanes) is 1. The molecule has 0 aliphatic carbocycles. The molecule has 0 aliphatic heterocycles. The standard InChI is InChI=1S/C18H21NO2/c1-2-3-12-19(17-10-5-4-6-11-17)14-15-8-7-9-16(13-15)18(20)21/h4-11,13H,2-3,12,14H2,1H3,(H,20,21). The number of benzene rings is 2. The number of nitrogens with zero attached hydrogens (tertiary/aromatic N) is 1. The molecule has 2 aromatic rings. The van der Waals surface area contributed by atoms with Crippen LogP contribution in [-0.2, 0) is 6.54 Å². The fraction of sp³-hybridized carbons (Fsp3) is 0.278. The van der Waals surface area contributed by atoms with Crippen LogP contribution in [0.4, 0.5) is 5.69 Å². The van der Waals surface area contributed by atoms with Crippen LogP contribution in [0.15, 0.2) is 54.6 Å². The van der Waals surface area contributed by atoms with Gasteiger partial charge in [0.25, 0.3) is 0 Å². The van der Waals surface area contributed by atoms with E-state index in [0.29, 0.717) is 5.56 Å². The minimum absolute atomic E-state index is 0.344. The van der Waals surface area contributed by atoms with Crippen LogP contribution in [0.25, 0.3) is 0 Å². The fourth-order valence-corrected chi connectivity index (χ4v) is 2.31. The van der Waals surface area contributed by atoms with E-state index in [1.807, 2.05) is 30.3 Å². The minimum atomic E-state index is -0.878. The molecule has 0 fully saturated rings. The van der Waals surface area contributed by atoms with Gasteiger partial charge in [-0.15, -0.1) is 0 Å². The first-order valence-corrected chi connectivity index (χ1v) is 7.33. The van der Waals surface area contributed by atoms with Gasteiger partial charge in [-0.25, -0.2) is 4.79 Å². The van der Waals surface area contributed by atoms with Crippen LogP contribution < -0.4 is 4.90 Å². The van der Waals surface area contributed by atoms with E-state index in [1.165, 1.54) is 5.69 Å². The highest BCUT2D eigenvalue weighted by Gasteiger charge is 2.09. The molecule has 0 saturated heterocycles. The van der Waals surface area contributed by atoms with Gasteiger partial charge < -0.3 is 10.0 Å². The molecule has 2 aromatic carbocycles. The van der Waals surface area contributed by atoms with Gasteiger partial charge in [0.2, 0.25) is 0 Å². The topological polar surface area (TPSA) is 40.5 Å². The summed E-state index contributed by atoms with van der Waals surface area (Å²) in [5.74, 6) is -0.878. The third-order valence-corrected chi connectivity index (χ3v) is 3.45. The van der Waals surface area contributed by atoms with Gasteiger partial charge in [0.15, 0.2) is 0 Å². The number of carboxylic acid groups (broad SMARTS) is 1. The third kappa shape index (κ3) is 4.35. The Hall–Kier alpha value is -2.29. The third-order valence-electron chi connectivity index (χ3n) is 3.45. The second kappa shape index (κ2) is 7.48. The molecule has 0 heterocycles. The second-order valence-electron chi connectivity index (χ2n) is 5.12. The summed E-state index contributed by atoms with van der Waals surface area (Å²) in [4.78, 5) is 13.4. The number of para-hydroxylation sites is 1. The number of rotatable bonds is 7. The van der Waals surface area contributed by atoms with Crippen molar-refractivity contribution in [3.8, 4) is 0 Å². The lowest BCUT2D eigenvalue weighted by atomic mass is 10.1. The molecule has 0 atom stereocenters. The Morgan fingerprint density at radius 3 is 2.52 bits per heavy atom. The van der Waals surface area contributed by atoms with E-state index < -0.39 is 5.97 Å². The average molecular weight is 283 g/mol. The molecule has 0 bridgehead atoms. The molecule has 0 unspecified atom stereocenters. The first-order valence-electron chi connectivity index (χ1n) is 7.33. The summed E-state index contributed by atoms with van der Waals surface area (Å²) >= 11 is 0. The lowest BCUT2D eigenvalue weighted by molar-refractivity contribution is 0.0696. The molecule has 1 N–H and O–H groups in total. The first-order chi connectivity index (χ1) is 10.2. The molecule has 21 heavy (non-hydrogen) atoms. The second-order valence-corrected chi connectivity index (χ2v) is 5.12. The summed E-state index contributed by atoms with van der Waals surface area (Å²) in [6.45, 7) is 3.87. The molecule has 3 heteroatoms. The Morgan fingerprint density at radius 1 is 1.10 bits per heavy atom. The molecule has 0 spiro atoms. The van der Waals surface area contributed by atoms with Crippen molar-refractivity contribution in [2.45, 2.75) is 26.3 Å². The molecule has 0 aromatic heterocycles. The number of hydrogen-bond donors (Lipinski definition) is 1. The fourth-order valence-electron chi connectivity index (χ4n) is 2.31. The molecule has 0 aliphatic rings. The van der Waals surface area contributed by atoms with Crippen molar-refractivity contribution >= 4 is 11.7 Å². The van der Waals surface area contributed by atoms with Gasteiger partial charge in [0.05, 0.1) is 5.56 Å². The number of carbonyl (C=O) groups is 1. The largest absolute Gasteiger partial charge is 0.478 e. The molecular formula is C18H21NO2. The van der Waals surface area contributed by atoms with E-state index in [9.17, 15) is 4.79 Å². The maximum absolute atomic E-state index is 11.1. The van der Waals surface area contributed by atoms with Gasteiger partial charge in [-0.3, -0.25) is 0 Å². The molecule has 0 amide bonds. The van der Waals surface area contributed by atoms with Crippen LogP contribution in [0, 0.1) is 0 Å². The number of aromatic carboxylic acids is 1. The maximum Gasteiger partial charge on any atom is 0.335 e. The van der Waals surface area contributed by atoms with Crippen molar-refractivity contribution in [2.75, 3.05) is 11.4 Å². The van der Waals surface area contributed by atoms with Gasteiger partial charge in [-0.05, 0) is 36.2 Å². The Kier molecular flexibility index (Phi) is 5.38. The molecule has 3 nitrogen and oxygen atoms in total. The van der Waals surface area contributed by atoms with Crippen molar-refractivity contribution in [1.82, 2.24) is 0 Å². The van der Waals surface area contributed by atoms with E-state index >= 15 is 0 Å². The predicted octanol–water partition coefficient (Wildman–Crippen LogP) is 4.19. The Balaban J connectivity index is 2.18. The zero-order chi connectivity index (χ0) is 15.1. The van der Waals surface area contributed by atoms with Gasteiger partial charge in [-0.1, -0.05) is 43.7 Å². The first kappa shape index (κ1) is 15.1. The normalized spacial score (nSPS) is 10.3. The number of hydrogen-bond acceptors (Lipinski definition) is 2. The van der Waals surface area contributed by atoms with Crippen LogP contribution >= 0.6 is 0 Å². The van der Waals surface area contributed by atoms with Crippen molar-refractivity contribution < 1.29 is 9.90 Å². The van der Waals surface area contributed by atoms with E-state index in [-0.39, 0.29) is 0 Å². The molecular weight excluding hydrogens is 262 g/mol. The van der Waals surface area contributed by atoms with Crippen LogP contribution in [0.3, 0.4) is 0 Å². The lowest BCUT2D eigenvalue weighted by Crippen LogP contribution is -2.23. The number of carboxylic acids is 1. The zero-order valence-corrected chi connectivity index (χ0v) is 12.3. The van der Waals surface area contributed by atoms with Gasteiger partial charge >= 0.3 is 5.97 Å². The molecule has 2 rings (SSSR count). The van der Waals surface area contributed by atoms with Gasteiger partial charge in [0, 0.05) is 18.8 Å². The summed E-state index contributed by atoms with van der Waals surface area (Å²) in [6, 6.07) is 17.4. The average Bonchev–Trinajstić information content (AvgIpc) is 2.52. The highest BCUT2D eigenvalue weighted by molar-refractivity contribution is 5.87. The quantitative estimate of drug-likeness (QED) is 0.828. The van der Waals surface area contributed by atoms with Gasteiger partial charge in [0.1, 0.15) is 0 Å². The van der Waals surface area contributed by atoms with E-state index in [2.05, 4.69) is 24.0 Å². The number of anilines is 1. The lowest BCUT2D eigenvalue weighted by Gasteiger charge is -2.25. The van der Waals surface area contributed by atoms with Crippen molar-refractivity contribution in [3.05, 3.63) is 65.7 Å². The Morgan fingerprint density at radius 2 is 1.86 bits per heavy atom. The summed E-state index contributed by atoms with van der Waals surface area (Å²) in [6.07, 6.45) is 2.26. The van der Waals surface area contributed by atoms with Crippen molar-refractivity contribution in [1.29, 1.82) is 0 Å². The van der Waals surface area contributed by atoms with Crippen LogP contribution in [0.5, 0.6) is 0 Å². The zero-order valence-electron chi connectivity index (χ0n) is 12.3. The predicted molar refractivity (Wildman–Crippen MR) is 85.8 cm³/mol. The van der Waals surface area contributed by atoms with Crippen LogP contribution in [0.2, 0.25) is 0 Å². The summed E-state index contributed by atoms with van der Waals surface area (Å²) in [7, 11) is 0. The van der Waals surface area contributed by atoms with Gasteiger partial charge in [-0.2, -0.15) is 0 Å². The van der Waals surface area contributed by atoms with E-state index in [0.717, 1.165) is 31.5 Å². The Bertz CT molecular complexity index is 581. The van der Waals surface area contributed by atoms with Crippen LogP contribution in [0.1, 0.15) is 35.7 Å². The molecule has 0 radical (unpaired) electrons. The minimum Gasteiger partial charge on any atom is -0.478 e. The smallest absolute Gasteiger partial charge is 0.335 e. The summed E-state index contributed by atoms with van der Waals surface area (Å²) in [5.41, 5.74) is 2.54. The molecule has 0 saturated carbocycles. The van der Waals surface area contributed by atoms with E-state index in [1.54, 1.807) is 12.1 Å². The van der Waals surface area contributed by atoms with Crippen LogP contribution in [-0.4, -0.2) is 17.6 Å². The highest BCUT2D eigenvalue weighted by atomic mass is 16.4. The Labute approximate surface area is 125 Å². The molecule has 110 valence electrons. The highest BCUT2D eigenvalue weighted by Crippen LogP contribution is 2.18. The summed E-state index contributed by atoms with van der Waals surface area (Å²) in [5, 5.41) is 9.09.